The topological polar surface area (TPSA) is 24.9 Å². The van der Waals surface area contributed by atoms with Crippen LogP contribution in [0.4, 0.5) is 5.69 Å². The van der Waals surface area contributed by atoms with Gasteiger partial charge in [-0.3, -0.25) is 0 Å². The van der Waals surface area contributed by atoms with Crippen molar-refractivity contribution in [3.05, 3.63) is 57.8 Å². The van der Waals surface area contributed by atoms with Crippen molar-refractivity contribution in [2.24, 2.45) is 0 Å². The SMILES string of the molecule is CC(Nc1cnc(Cl)c(Br)c1)c1ccccc1. The molecule has 2 rings (SSSR count). The third-order valence-electron chi connectivity index (χ3n) is 2.48. The van der Waals surface area contributed by atoms with Gasteiger partial charge < -0.3 is 5.32 Å². The van der Waals surface area contributed by atoms with E-state index in [4.69, 9.17) is 11.6 Å². The summed E-state index contributed by atoms with van der Waals surface area (Å²) in [5.41, 5.74) is 2.18. The first kappa shape index (κ1) is 12.4. The molecule has 0 fully saturated rings. The number of nitrogens with one attached hydrogen (secondary N) is 1. The Hall–Kier alpha value is -1.06. The van der Waals surface area contributed by atoms with E-state index in [1.54, 1.807) is 6.20 Å². The fourth-order valence-electron chi connectivity index (χ4n) is 1.58. The maximum Gasteiger partial charge on any atom is 0.143 e. The van der Waals surface area contributed by atoms with Crippen LogP contribution in [0.3, 0.4) is 0 Å². The third-order valence-corrected chi connectivity index (χ3v) is 3.61. The average Bonchev–Trinajstić information content (AvgIpc) is 2.35. The Labute approximate surface area is 114 Å². The first-order valence-electron chi connectivity index (χ1n) is 5.29. The van der Waals surface area contributed by atoms with Crippen LogP contribution in [0, 0.1) is 0 Å². The second-order valence-electron chi connectivity index (χ2n) is 3.77. The molecular weight excluding hydrogens is 300 g/mol. The molecule has 0 aliphatic heterocycles. The maximum atomic E-state index is 5.85. The number of halogens is 2. The van der Waals surface area contributed by atoms with Crippen LogP contribution in [-0.4, -0.2) is 4.98 Å². The van der Waals surface area contributed by atoms with E-state index in [0.29, 0.717) is 5.15 Å². The number of hydrogen-bond donors (Lipinski definition) is 1. The quantitative estimate of drug-likeness (QED) is 0.833. The molecule has 0 aliphatic carbocycles. The van der Waals surface area contributed by atoms with Crippen LogP contribution >= 0.6 is 27.5 Å². The van der Waals surface area contributed by atoms with E-state index >= 15 is 0 Å². The van der Waals surface area contributed by atoms with E-state index in [0.717, 1.165) is 10.2 Å². The second kappa shape index (κ2) is 5.52. The molecule has 17 heavy (non-hydrogen) atoms. The summed E-state index contributed by atoms with van der Waals surface area (Å²) in [4.78, 5) is 4.08. The monoisotopic (exact) mass is 310 g/mol. The zero-order valence-electron chi connectivity index (χ0n) is 9.32. The van der Waals surface area contributed by atoms with Crippen LogP contribution in [0.15, 0.2) is 47.1 Å². The smallest absolute Gasteiger partial charge is 0.143 e. The lowest BCUT2D eigenvalue weighted by Gasteiger charge is -2.15. The predicted octanol–water partition coefficient (Wildman–Crippen LogP) is 4.67. The van der Waals surface area contributed by atoms with Crippen molar-refractivity contribution in [1.29, 1.82) is 0 Å². The van der Waals surface area contributed by atoms with Crippen molar-refractivity contribution in [1.82, 2.24) is 4.98 Å². The number of hydrogen-bond acceptors (Lipinski definition) is 2. The van der Waals surface area contributed by atoms with Gasteiger partial charge in [-0.05, 0) is 34.5 Å². The van der Waals surface area contributed by atoms with E-state index < -0.39 is 0 Å². The lowest BCUT2D eigenvalue weighted by Crippen LogP contribution is -2.06. The molecule has 0 saturated carbocycles. The molecule has 1 heterocycles. The molecule has 0 radical (unpaired) electrons. The molecule has 1 unspecified atom stereocenters. The molecule has 1 N–H and O–H groups in total. The minimum Gasteiger partial charge on any atom is -0.377 e. The van der Waals surface area contributed by atoms with Crippen molar-refractivity contribution < 1.29 is 0 Å². The normalized spacial score (nSPS) is 12.2. The first-order valence-corrected chi connectivity index (χ1v) is 6.46. The Morgan fingerprint density at radius 3 is 2.65 bits per heavy atom. The van der Waals surface area contributed by atoms with Crippen molar-refractivity contribution >= 4 is 33.2 Å². The number of aromatic nitrogens is 1. The number of pyridine rings is 1. The summed E-state index contributed by atoms with van der Waals surface area (Å²) in [6, 6.07) is 12.4. The van der Waals surface area contributed by atoms with Gasteiger partial charge in [0.15, 0.2) is 0 Å². The van der Waals surface area contributed by atoms with E-state index in [1.165, 1.54) is 5.56 Å². The molecule has 88 valence electrons. The van der Waals surface area contributed by atoms with E-state index in [1.807, 2.05) is 24.3 Å². The van der Waals surface area contributed by atoms with Gasteiger partial charge in [0.05, 0.1) is 16.4 Å². The number of benzene rings is 1. The summed E-state index contributed by atoms with van der Waals surface area (Å²) in [6.45, 7) is 2.11. The van der Waals surface area contributed by atoms with Gasteiger partial charge in [0.2, 0.25) is 0 Å². The summed E-state index contributed by atoms with van der Waals surface area (Å²) in [6.07, 6.45) is 1.73. The molecule has 0 aliphatic rings. The highest BCUT2D eigenvalue weighted by molar-refractivity contribution is 9.10. The van der Waals surface area contributed by atoms with Crippen LogP contribution in [-0.2, 0) is 0 Å². The molecule has 4 heteroatoms. The largest absolute Gasteiger partial charge is 0.377 e. The van der Waals surface area contributed by atoms with Gasteiger partial charge >= 0.3 is 0 Å². The first-order chi connectivity index (χ1) is 8.16. The lowest BCUT2D eigenvalue weighted by atomic mass is 10.1. The number of anilines is 1. The number of nitrogens with zero attached hydrogens (tertiary/aromatic N) is 1. The Balaban J connectivity index is 2.13. The van der Waals surface area contributed by atoms with Gasteiger partial charge in [-0.1, -0.05) is 41.9 Å². The Bertz CT molecular complexity index is 502. The maximum absolute atomic E-state index is 5.85. The Morgan fingerprint density at radius 1 is 1.29 bits per heavy atom. The predicted molar refractivity (Wildman–Crippen MR) is 75.4 cm³/mol. The van der Waals surface area contributed by atoms with Crippen LogP contribution in [0.1, 0.15) is 18.5 Å². The minimum absolute atomic E-state index is 0.228. The highest BCUT2D eigenvalue weighted by atomic mass is 79.9. The van der Waals surface area contributed by atoms with Crippen LogP contribution < -0.4 is 5.32 Å². The van der Waals surface area contributed by atoms with Crippen molar-refractivity contribution in [2.45, 2.75) is 13.0 Å². The fraction of sp³-hybridized carbons (Fsp3) is 0.154. The second-order valence-corrected chi connectivity index (χ2v) is 4.99. The van der Waals surface area contributed by atoms with Crippen LogP contribution in [0.2, 0.25) is 5.15 Å². The Morgan fingerprint density at radius 2 is 2.00 bits per heavy atom. The molecule has 0 amide bonds. The van der Waals surface area contributed by atoms with Gasteiger partial charge in [0.25, 0.3) is 0 Å². The van der Waals surface area contributed by atoms with Gasteiger partial charge in [-0.15, -0.1) is 0 Å². The van der Waals surface area contributed by atoms with E-state index in [2.05, 4.69) is 45.3 Å². The third kappa shape index (κ3) is 3.20. The lowest BCUT2D eigenvalue weighted by molar-refractivity contribution is 0.882. The van der Waals surface area contributed by atoms with Crippen molar-refractivity contribution in [3.8, 4) is 0 Å². The molecule has 0 saturated heterocycles. The zero-order chi connectivity index (χ0) is 12.3. The molecule has 2 aromatic rings. The van der Waals surface area contributed by atoms with Gasteiger partial charge in [-0.25, -0.2) is 4.98 Å². The molecule has 1 aromatic carbocycles. The highest BCUT2D eigenvalue weighted by Gasteiger charge is 2.06. The molecule has 1 aromatic heterocycles. The van der Waals surface area contributed by atoms with Crippen molar-refractivity contribution in [3.63, 3.8) is 0 Å². The summed E-state index contributed by atoms with van der Waals surface area (Å²) in [5, 5.41) is 3.85. The summed E-state index contributed by atoms with van der Waals surface area (Å²) >= 11 is 9.21. The molecule has 2 nitrogen and oxygen atoms in total. The van der Waals surface area contributed by atoms with E-state index in [-0.39, 0.29) is 6.04 Å². The van der Waals surface area contributed by atoms with Crippen LogP contribution in [0.5, 0.6) is 0 Å². The minimum atomic E-state index is 0.228. The van der Waals surface area contributed by atoms with Gasteiger partial charge in [0, 0.05) is 6.04 Å². The zero-order valence-corrected chi connectivity index (χ0v) is 11.7. The van der Waals surface area contributed by atoms with Crippen LogP contribution in [0.25, 0.3) is 0 Å². The highest BCUT2D eigenvalue weighted by Crippen LogP contribution is 2.25. The molecular formula is C13H12BrClN2. The average molecular weight is 312 g/mol. The summed E-state index contributed by atoms with van der Waals surface area (Å²) in [5.74, 6) is 0. The van der Waals surface area contributed by atoms with E-state index in [9.17, 15) is 0 Å². The number of rotatable bonds is 3. The summed E-state index contributed by atoms with van der Waals surface area (Å²) < 4.78 is 0.796. The summed E-state index contributed by atoms with van der Waals surface area (Å²) in [7, 11) is 0. The molecule has 0 spiro atoms. The van der Waals surface area contributed by atoms with Crippen molar-refractivity contribution in [2.75, 3.05) is 5.32 Å². The molecule has 1 atom stereocenters. The van der Waals surface area contributed by atoms with Gasteiger partial charge in [0.1, 0.15) is 5.15 Å². The standard InChI is InChI=1S/C13H12BrClN2/c1-9(10-5-3-2-4-6-10)17-11-7-12(14)13(15)16-8-11/h2-9,17H,1H3. The fourth-order valence-corrected chi connectivity index (χ4v) is 2.03. The molecule has 0 bridgehead atoms. The van der Waals surface area contributed by atoms with Gasteiger partial charge in [-0.2, -0.15) is 0 Å². The Kier molecular flexibility index (Phi) is 4.02.